The van der Waals surface area contributed by atoms with E-state index in [1.807, 2.05) is 0 Å². The molecule has 3 atom stereocenters. The molecule has 0 fully saturated rings. The highest BCUT2D eigenvalue weighted by Gasteiger charge is 2.23. The first-order valence-corrected chi connectivity index (χ1v) is 6.67. The zero-order chi connectivity index (χ0) is 11.7. The Morgan fingerprint density at radius 3 is 2.13 bits per heavy atom. The average molecular weight is 214 g/mol. The Labute approximate surface area is 96.0 Å². The van der Waals surface area contributed by atoms with Crippen molar-refractivity contribution >= 4 is 0 Å². The van der Waals surface area contributed by atoms with E-state index < -0.39 is 0 Å². The lowest BCUT2D eigenvalue weighted by Gasteiger charge is -2.30. The van der Waals surface area contributed by atoms with E-state index >= 15 is 0 Å². The topological polar surface area (TPSA) is 38.0 Å². The van der Waals surface area contributed by atoms with Crippen LogP contribution in [-0.2, 0) is 0 Å². The second-order valence-corrected chi connectivity index (χ2v) is 4.77. The molecule has 0 amide bonds. The van der Waals surface area contributed by atoms with Gasteiger partial charge in [0.05, 0.1) is 0 Å². The van der Waals surface area contributed by atoms with Crippen LogP contribution in [0.1, 0.15) is 66.2 Å². The molecule has 0 rings (SSSR count). The Balaban J connectivity index is 4.18. The molecule has 0 spiro atoms. The van der Waals surface area contributed by atoms with E-state index in [9.17, 15) is 0 Å². The van der Waals surface area contributed by atoms with E-state index in [0.717, 1.165) is 5.92 Å². The highest BCUT2D eigenvalue weighted by molar-refractivity contribution is 4.78. The largest absolute Gasteiger partial charge is 0.271 e. The van der Waals surface area contributed by atoms with Gasteiger partial charge in [-0.1, -0.05) is 53.4 Å². The van der Waals surface area contributed by atoms with Gasteiger partial charge in [-0.15, -0.1) is 0 Å². The number of hydrogen-bond acceptors (Lipinski definition) is 2. The molecule has 0 aromatic heterocycles. The minimum atomic E-state index is 0.501. The molecule has 2 heteroatoms. The molecular weight excluding hydrogens is 184 g/mol. The van der Waals surface area contributed by atoms with Crippen molar-refractivity contribution in [1.82, 2.24) is 5.43 Å². The van der Waals surface area contributed by atoms with Crippen LogP contribution in [0.3, 0.4) is 0 Å². The summed E-state index contributed by atoms with van der Waals surface area (Å²) in [6, 6.07) is 0.501. The van der Waals surface area contributed by atoms with Crippen LogP contribution in [0.5, 0.6) is 0 Å². The summed E-state index contributed by atoms with van der Waals surface area (Å²) in [4.78, 5) is 0. The van der Waals surface area contributed by atoms with Gasteiger partial charge in [-0.3, -0.25) is 11.3 Å². The fourth-order valence-corrected chi connectivity index (χ4v) is 2.50. The lowest BCUT2D eigenvalue weighted by atomic mass is 9.83. The average Bonchev–Trinajstić information content (AvgIpc) is 2.24. The lowest BCUT2D eigenvalue weighted by Crippen LogP contribution is -2.45. The first kappa shape index (κ1) is 14.9. The highest BCUT2D eigenvalue weighted by atomic mass is 15.2. The van der Waals surface area contributed by atoms with Crippen molar-refractivity contribution in [3.05, 3.63) is 0 Å². The van der Waals surface area contributed by atoms with Crippen LogP contribution in [0, 0.1) is 11.8 Å². The Hall–Kier alpha value is -0.0800. The minimum Gasteiger partial charge on any atom is -0.271 e. The second-order valence-electron chi connectivity index (χ2n) is 4.77. The molecule has 0 aliphatic heterocycles. The van der Waals surface area contributed by atoms with Crippen LogP contribution < -0.4 is 11.3 Å². The fourth-order valence-electron chi connectivity index (χ4n) is 2.50. The molecule has 0 aromatic carbocycles. The van der Waals surface area contributed by atoms with Gasteiger partial charge >= 0.3 is 0 Å². The number of nitrogens with one attached hydrogen (secondary N) is 1. The third-order valence-corrected chi connectivity index (χ3v) is 3.51. The molecule has 0 saturated heterocycles. The van der Waals surface area contributed by atoms with Crippen molar-refractivity contribution in [2.75, 3.05) is 0 Å². The van der Waals surface area contributed by atoms with E-state index in [2.05, 4.69) is 33.1 Å². The summed E-state index contributed by atoms with van der Waals surface area (Å²) >= 11 is 0. The summed E-state index contributed by atoms with van der Waals surface area (Å²) in [6.07, 6.45) is 7.70. The maximum absolute atomic E-state index is 5.70. The standard InChI is InChI=1S/C13H30N2/c1-5-8-10-12(7-3)13(15-14)11(4)9-6-2/h11-13,15H,5-10,14H2,1-4H3. The molecule has 0 aliphatic carbocycles. The molecular formula is C13H30N2. The summed E-state index contributed by atoms with van der Waals surface area (Å²) in [5.41, 5.74) is 3.05. The lowest BCUT2D eigenvalue weighted by molar-refractivity contribution is 0.238. The summed E-state index contributed by atoms with van der Waals surface area (Å²) < 4.78 is 0. The first-order valence-electron chi connectivity index (χ1n) is 6.67. The number of unbranched alkanes of at least 4 members (excludes halogenated alkanes) is 1. The first-order chi connectivity index (χ1) is 7.21. The SMILES string of the molecule is CCCCC(CC)C(NN)C(C)CCC. The van der Waals surface area contributed by atoms with Gasteiger partial charge in [-0.2, -0.15) is 0 Å². The summed E-state index contributed by atoms with van der Waals surface area (Å²) in [5.74, 6) is 7.15. The van der Waals surface area contributed by atoms with Crippen molar-refractivity contribution in [3.8, 4) is 0 Å². The van der Waals surface area contributed by atoms with E-state index in [1.54, 1.807) is 0 Å². The van der Waals surface area contributed by atoms with Gasteiger partial charge in [0, 0.05) is 6.04 Å². The number of rotatable bonds is 9. The third-order valence-electron chi connectivity index (χ3n) is 3.51. The minimum absolute atomic E-state index is 0.501. The van der Waals surface area contributed by atoms with Crippen molar-refractivity contribution in [3.63, 3.8) is 0 Å². The van der Waals surface area contributed by atoms with Crippen LogP contribution in [0.15, 0.2) is 0 Å². The van der Waals surface area contributed by atoms with E-state index in [0.29, 0.717) is 12.0 Å². The number of hydrogen-bond donors (Lipinski definition) is 2. The van der Waals surface area contributed by atoms with Crippen molar-refractivity contribution in [1.29, 1.82) is 0 Å². The summed E-state index contributed by atoms with van der Waals surface area (Å²) in [7, 11) is 0. The van der Waals surface area contributed by atoms with Crippen LogP contribution >= 0.6 is 0 Å². The van der Waals surface area contributed by atoms with E-state index in [1.165, 1.54) is 38.5 Å². The van der Waals surface area contributed by atoms with Gasteiger partial charge in [-0.05, 0) is 24.7 Å². The van der Waals surface area contributed by atoms with E-state index in [-0.39, 0.29) is 0 Å². The smallest absolute Gasteiger partial charge is 0.0264 e. The second kappa shape index (κ2) is 9.17. The molecule has 0 heterocycles. The van der Waals surface area contributed by atoms with Gasteiger partial charge in [0.25, 0.3) is 0 Å². The summed E-state index contributed by atoms with van der Waals surface area (Å²) in [6.45, 7) is 9.11. The Kier molecular flexibility index (Phi) is 9.12. The van der Waals surface area contributed by atoms with Gasteiger partial charge in [0.2, 0.25) is 0 Å². The number of nitrogens with two attached hydrogens (primary N) is 1. The molecule has 0 aliphatic rings. The van der Waals surface area contributed by atoms with E-state index in [4.69, 9.17) is 5.84 Å². The predicted octanol–water partition coefficient (Wildman–Crippen LogP) is 3.47. The predicted molar refractivity (Wildman–Crippen MR) is 68.5 cm³/mol. The highest BCUT2D eigenvalue weighted by Crippen LogP contribution is 2.24. The Morgan fingerprint density at radius 1 is 1.07 bits per heavy atom. The molecule has 2 nitrogen and oxygen atoms in total. The molecule has 0 bridgehead atoms. The van der Waals surface area contributed by atoms with Crippen molar-refractivity contribution < 1.29 is 0 Å². The van der Waals surface area contributed by atoms with Crippen LogP contribution in [0.4, 0.5) is 0 Å². The number of hydrazine groups is 1. The Bertz CT molecular complexity index is 136. The molecule has 0 aromatic rings. The monoisotopic (exact) mass is 214 g/mol. The fraction of sp³-hybridized carbons (Fsp3) is 1.00. The molecule has 0 radical (unpaired) electrons. The molecule has 92 valence electrons. The molecule has 3 unspecified atom stereocenters. The third kappa shape index (κ3) is 5.53. The van der Waals surface area contributed by atoms with Gasteiger partial charge < -0.3 is 0 Å². The van der Waals surface area contributed by atoms with Crippen molar-refractivity contribution in [2.45, 2.75) is 72.3 Å². The van der Waals surface area contributed by atoms with Crippen molar-refractivity contribution in [2.24, 2.45) is 17.7 Å². The van der Waals surface area contributed by atoms with Crippen LogP contribution in [0.25, 0.3) is 0 Å². The zero-order valence-corrected chi connectivity index (χ0v) is 11.1. The van der Waals surface area contributed by atoms with Crippen LogP contribution in [-0.4, -0.2) is 6.04 Å². The molecule has 3 N–H and O–H groups in total. The van der Waals surface area contributed by atoms with Gasteiger partial charge in [0.15, 0.2) is 0 Å². The maximum Gasteiger partial charge on any atom is 0.0264 e. The Morgan fingerprint density at radius 2 is 1.73 bits per heavy atom. The van der Waals surface area contributed by atoms with Gasteiger partial charge in [0.1, 0.15) is 0 Å². The van der Waals surface area contributed by atoms with Gasteiger partial charge in [-0.25, -0.2) is 0 Å². The zero-order valence-electron chi connectivity index (χ0n) is 11.1. The normalized spacial score (nSPS) is 17.4. The molecule has 15 heavy (non-hydrogen) atoms. The maximum atomic E-state index is 5.70. The summed E-state index contributed by atoms with van der Waals surface area (Å²) in [5, 5.41) is 0. The quantitative estimate of drug-likeness (QED) is 0.455. The van der Waals surface area contributed by atoms with Crippen LogP contribution in [0.2, 0.25) is 0 Å². The molecule has 0 saturated carbocycles.